The molecule has 0 atom stereocenters. The molecule has 9 nitrogen and oxygen atoms in total. The quantitative estimate of drug-likeness (QED) is 0.508. The zero-order chi connectivity index (χ0) is 19.8. The van der Waals surface area contributed by atoms with E-state index < -0.39 is 10.0 Å². The minimum Gasteiger partial charge on any atom is -0.440 e. The topological polar surface area (TPSA) is 107 Å². The second kappa shape index (κ2) is 7.05. The Morgan fingerprint density at radius 2 is 1.76 bits per heavy atom. The smallest absolute Gasteiger partial charge is 0.243 e. The lowest BCUT2D eigenvalue weighted by Crippen LogP contribution is -2.37. The SMILES string of the molecule is O=S(=O)(c1ccc(-n2cnnn2)cc1)N1CCC(c2nc3ccccc3o2)CC1. The third-order valence-electron chi connectivity index (χ3n) is 5.20. The number of aromatic nitrogens is 5. The molecule has 1 saturated heterocycles. The lowest BCUT2D eigenvalue weighted by Gasteiger charge is -2.29. The second-order valence-electron chi connectivity index (χ2n) is 6.95. The summed E-state index contributed by atoms with van der Waals surface area (Å²) in [5, 5.41) is 11.0. The molecule has 0 spiro atoms. The number of nitrogens with zero attached hydrogens (tertiary/aromatic N) is 6. The van der Waals surface area contributed by atoms with Crippen LogP contribution in [0.25, 0.3) is 16.8 Å². The molecule has 1 aliphatic heterocycles. The molecule has 0 amide bonds. The summed E-state index contributed by atoms with van der Waals surface area (Å²) in [6, 6.07) is 14.2. The van der Waals surface area contributed by atoms with E-state index >= 15 is 0 Å². The molecule has 0 radical (unpaired) electrons. The number of piperidine rings is 1. The number of hydrogen-bond donors (Lipinski definition) is 0. The van der Waals surface area contributed by atoms with Crippen LogP contribution in [-0.2, 0) is 10.0 Å². The zero-order valence-electron chi connectivity index (χ0n) is 15.4. The maximum Gasteiger partial charge on any atom is 0.243 e. The van der Waals surface area contributed by atoms with Crippen molar-refractivity contribution in [1.82, 2.24) is 29.5 Å². The fourth-order valence-electron chi connectivity index (χ4n) is 3.61. The molecule has 4 aromatic rings. The summed E-state index contributed by atoms with van der Waals surface area (Å²) in [4.78, 5) is 4.82. The van der Waals surface area contributed by atoms with Crippen LogP contribution in [0.2, 0.25) is 0 Å². The van der Waals surface area contributed by atoms with Crippen molar-refractivity contribution in [2.45, 2.75) is 23.7 Å². The Labute approximate surface area is 167 Å². The maximum absolute atomic E-state index is 13.0. The van der Waals surface area contributed by atoms with Gasteiger partial charge in [-0.3, -0.25) is 0 Å². The highest BCUT2D eigenvalue weighted by Crippen LogP contribution is 2.32. The highest BCUT2D eigenvalue weighted by atomic mass is 32.2. The van der Waals surface area contributed by atoms with E-state index in [0.29, 0.717) is 37.5 Å². The van der Waals surface area contributed by atoms with Crippen molar-refractivity contribution in [3.8, 4) is 5.69 Å². The van der Waals surface area contributed by atoms with Crippen LogP contribution in [0.4, 0.5) is 0 Å². The molecule has 0 N–H and O–H groups in total. The molecule has 1 aliphatic rings. The van der Waals surface area contributed by atoms with Crippen LogP contribution in [0.15, 0.2) is 64.2 Å². The van der Waals surface area contributed by atoms with E-state index in [0.717, 1.165) is 11.1 Å². The minimum atomic E-state index is -3.56. The monoisotopic (exact) mass is 410 g/mol. The van der Waals surface area contributed by atoms with Crippen LogP contribution < -0.4 is 0 Å². The number of fused-ring (bicyclic) bond motifs is 1. The molecule has 0 aliphatic carbocycles. The lowest BCUT2D eigenvalue weighted by atomic mass is 9.98. The van der Waals surface area contributed by atoms with Gasteiger partial charge in [-0.1, -0.05) is 12.1 Å². The van der Waals surface area contributed by atoms with Crippen LogP contribution >= 0.6 is 0 Å². The lowest BCUT2D eigenvalue weighted by molar-refractivity contribution is 0.293. The van der Waals surface area contributed by atoms with Crippen LogP contribution in [0.3, 0.4) is 0 Å². The average Bonchev–Trinajstić information content (AvgIpc) is 3.44. The van der Waals surface area contributed by atoms with Crippen LogP contribution in [0.1, 0.15) is 24.7 Å². The molecule has 1 fully saturated rings. The number of tetrazole rings is 1. The Morgan fingerprint density at radius 3 is 2.45 bits per heavy atom. The summed E-state index contributed by atoms with van der Waals surface area (Å²) in [7, 11) is -3.56. The first kappa shape index (κ1) is 18.0. The largest absolute Gasteiger partial charge is 0.440 e. The summed E-state index contributed by atoms with van der Waals surface area (Å²) >= 11 is 0. The van der Waals surface area contributed by atoms with E-state index in [1.54, 1.807) is 24.3 Å². The molecule has 148 valence electrons. The Bertz CT molecular complexity index is 1190. The first-order chi connectivity index (χ1) is 14.1. The summed E-state index contributed by atoms with van der Waals surface area (Å²) in [6.45, 7) is 0.862. The van der Waals surface area contributed by atoms with Crippen molar-refractivity contribution in [1.29, 1.82) is 0 Å². The van der Waals surface area contributed by atoms with Gasteiger partial charge < -0.3 is 4.42 Å². The summed E-state index contributed by atoms with van der Waals surface area (Å²) in [5.41, 5.74) is 2.30. The molecular formula is C19H18N6O3S. The molecule has 0 saturated carbocycles. The van der Waals surface area contributed by atoms with Crippen molar-refractivity contribution in [3.63, 3.8) is 0 Å². The van der Waals surface area contributed by atoms with Crippen LogP contribution in [-0.4, -0.2) is 51.0 Å². The highest BCUT2D eigenvalue weighted by Gasteiger charge is 2.31. The van der Waals surface area contributed by atoms with E-state index in [2.05, 4.69) is 20.5 Å². The van der Waals surface area contributed by atoms with Gasteiger partial charge in [0.1, 0.15) is 11.8 Å². The summed E-state index contributed by atoms with van der Waals surface area (Å²) in [6.07, 6.45) is 2.81. The number of sulfonamides is 1. The van der Waals surface area contributed by atoms with Gasteiger partial charge in [-0.25, -0.2) is 18.1 Å². The number of para-hydroxylation sites is 2. The molecule has 2 aromatic heterocycles. The summed E-state index contributed by atoms with van der Waals surface area (Å²) in [5.74, 6) is 0.810. The number of rotatable bonds is 4. The number of hydrogen-bond acceptors (Lipinski definition) is 7. The van der Waals surface area contributed by atoms with E-state index in [4.69, 9.17) is 4.42 Å². The van der Waals surface area contributed by atoms with E-state index in [9.17, 15) is 8.42 Å². The molecule has 3 heterocycles. The number of oxazole rings is 1. The third kappa shape index (κ3) is 3.30. The first-order valence-corrected chi connectivity index (χ1v) is 10.7. The van der Waals surface area contributed by atoms with Crippen molar-refractivity contribution in [2.75, 3.05) is 13.1 Å². The maximum atomic E-state index is 13.0. The molecule has 2 aromatic carbocycles. The predicted molar refractivity (Wildman–Crippen MR) is 104 cm³/mol. The van der Waals surface area contributed by atoms with Crippen molar-refractivity contribution in [2.24, 2.45) is 0 Å². The Kier molecular flexibility index (Phi) is 4.36. The predicted octanol–water partition coefficient (Wildman–Crippen LogP) is 2.37. The van der Waals surface area contributed by atoms with Gasteiger partial charge in [-0.15, -0.1) is 5.10 Å². The van der Waals surface area contributed by atoms with Gasteiger partial charge in [-0.05, 0) is 59.7 Å². The van der Waals surface area contributed by atoms with Gasteiger partial charge in [0.15, 0.2) is 11.5 Å². The fraction of sp³-hybridized carbons (Fsp3) is 0.263. The van der Waals surface area contributed by atoms with Crippen molar-refractivity contribution < 1.29 is 12.8 Å². The van der Waals surface area contributed by atoms with Crippen LogP contribution in [0.5, 0.6) is 0 Å². The standard InChI is InChI=1S/C19H18N6O3S/c26-29(27,16-7-5-15(6-8-16)25-13-20-22-23-25)24-11-9-14(10-12-24)19-21-17-3-1-2-4-18(17)28-19/h1-8,13-14H,9-12H2. The van der Waals surface area contributed by atoms with Gasteiger partial charge in [-0.2, -0.15) is 4.31 Å². The van der Waals surface area contributed by atoms with Crippen LogP contribution in [0, 0.1) is 0 Å². The van der Waals surface area contributed by atoms with Gasteiger partial charge >= 0.3 is 0 Å². The Hall–Kier alpha value is -3.11. The zero-order valence-corrected chi connectivity index (χ0v) is 16.2. The highest BCUT2D eigenvalue weighted by molar-refractivity contribution is 7.89. The van der Waals surface area contributed by atoms with E-state index in [-0.39, 0.29) is 10.8 Å². The first-order valence-electron chi connectivity index (χ1n) is 9.30. The third-order valence-corrected chi connectivity index (χ3v) is 7.11. The molecule has 0 unspecified atom stereocenters. The van der Waals surface area contributed by atoms with Gasteiger partial charge in [0.05, 0.1) is 10.6 Å². The normalized spacial score (nSPS) is 16.4. The number of benzene rings is 2. The molecule has 10 heteroatoms. The molecule has 29 heavy (non-hydrogen) atoms. The summed E-state index contributed by atoms with van der Waals surface area (Å²) < 4.78 is 34.9. The van der Waals surface area contributed by atoms with E-state index in [1.165, 1.54) is 15.3 Å². The fourth-order valence-corrected chi connectivity index (χ4v) is 5.08. The van der Waals surface area contributed by atoms with Gasteiger partial charge in [0, 0.05) is 19.0 Å². The minimum absolute atomic E-state index is 0.121. The molecule has 5 rings (SSSR count). The van der Waals surface area contributed by atoms with Gasteiger partial charge in [0.25, 0.3) is 0 Å². The average molecular weight is 410 g/mol. The molecular weight excluding hydrogens is 392 g/mol. The van der Waals surface area contributed by atoms with Crippen molar-refractivity contribution >= 4 is 21.1 Å². The Balaban J connectivity index is 1.30. The van der Waals surface area contributed by atoms with Gasteiger partial charge in [0.2, 0.25) is 10.0 Å². The Morgan fingerprint density at radius 1 is 1.00 bits per heavy atom. The second-order valence-corrected chi connectivity index (χ2v) is 8.88. The van der Waals surface area contributed by atoms with Crippen molar-refractivity contribution in [3.05, 3.63) is 60.7 Å². The molecule has 0 bridgehead atoms. The van der Waals surface area contributed by atoms with E-state index in [1.807, 2.05) is 24.3 Å².